The van der Waals surface area contributed by atoms with Crippen molar-refractivity contribution in [3.8, 4) is 5.75 Å². The number of imide groups is 1. The van der Waals surface area contributed by atoms with E-state index in [1.807, 2.05) is 0 Å². The Labute approximate surface area is 200 Å². The predicted molar refractivity (Wildman–Crippen MR) is 120 cm³/mol. The minimum absolute atomic E-state index is 0.0606. The lowest BCUT2D eigenvalue weighted by Gasteiger charge is -2.42. The van der Waals surface area contributed by atoms with Gasteiger partial charge in [0.05, 0.1) is 16.9 Å². The molecule has 0 radical (unpaired) electrons. The van der Waals surface area contributed by atoms with E-state index in [1.54, 1.807) is 19.1 Å². The molecule has 0 saturated carbocycles. The lowest BCUT2D eigenvalue weighted by atomic mass is 9.71. The van der Waals surface area contributed by atoms with E-state index in [4.69, 9.17) is 4.65 Å². The maximum absolute atomic E-state index is 13.1. The van der Waals surface area contributed by atoms with Gasteiger partial charge in [-0.3, -0.25) is 19.3 Å². The highest BCUT2D eigenvalue weighted by Crippen LogP contribution is 2.31. The second-order valence-electron chi connectivity index (χ2n) is 8.78. The molecule has 0 spiro atoms. The highest BCUT2D eigenvalue weighted by atomic mass is 16.5. The normalized spacial score (nSPS) is 21.0. The van der Waals surface area contributed by atoms with E-state index < -0.39 is 48.2 Å². The van der Waals surface area contributed by atoms with Crippen molar-refractivity contribution in [3.05, 3.63) is 29.3 Å². The molecular formula is C21H26BN5O8. The number of likely N-dealkylation sites (N-methyl/N-ethyl adjacent to an activating group) is 1. The minimum Gasteiger partial charge on any atom is -0.534 e. The topological polar surface area (TPSA) is 178 Å². The van der Waals surface area contributed by atoms with Crippen molar-refractivity contribution < 1.29 is 38.8 Å². The molecular weight excluding hydrogens is 461 g/mol. The van der Waals surface area contributed by atoms with E-state index in [0.29, 0.717) is 12.1 Å². The van der Waals surface area contributed by atoms with Gasteiger partial charge >= 0.3 is 30.9 Å². The van der Waals surface area contributed by atoms with Crippen LogP contribution in [0.4, 0.5) is 4.79 Å². The molecule has 5 N–H and O–H groups in total. The maximum atomic E-state index is 13.1. The number of rotatable bonds is 6. The van der Waals surface area contributed by atoms with Crippen LogP contribution < -0.4 is 20.6 Å². The number of carboxylic acid groups (broad SMARTS) is 1. The van der Waals surface area contributed by atoms with E-state index >= 15 is 0 Å². The van der Waals surface area contributed by atoms with Crippen molar-refractivity contribution in [1.29, 1.82) is 0 Å². The van der Waals surface area contributed by atoms with Crippen LogP contribution in [0.1, 0.15) is 22.8 Å². The number of piperazine rings is 1. The summed E-state index contributed by atoms with van der Waals surface area (Å²) in [5, 5.41) is 28.0. The van der Waals surface area contributed by atoms with Crippen LogP contribution in [-0.2, 0) is 20.8 Å². The Kier molecular flexibility index (Phi) is 6.67. The van der Waals surface area contributed by atoms with Crippen molar-refractivity contribution in [3.63, 3.8) is 0 Å². The summed E-state index contributed by atoms with van der Waals surface area (Å²) in [4.78, 5) is 63.6. The number of aromatic carboxylic acids is 1. The fourth-order valence-corrected chi connectivity index (χ4v) is 4.34. The molecule has 5 amide bonds. The average Bonchev–Trinajstić information content (AvgIpc) is 2.80. The number of hydrogen-bond donors (Lipinski definition) is 5. The van der Waals surface area contributed by atoms with Gasteiger partial charge in [0.15, 0.2) is 0 Å². The standard InChI is InChI=1S/C21H26BN5O8/c1-2-26-6-7-27(17(29)16(26)28)20(33)24-11-21(9-23-10-21)19(32)25-14-8-12-4-3-5-13(18(30)31)15(12)35-22(14)34/h3-5,14,23,34H,2,6-11H2,1H3,(H,24,33)(H,25,32)(H,30,31)/t14-/m0/s1. The van der Waals surface area contributed by atoms with E-state index in [9.17, 15) is 34.1 Å². The molecule has 3 aliphatic rings. The second-order valence-corrected chi connectivity index (χ2v) is 8.78. The fraction of sp³-hybridized carbons (Fsp3) is 0.476. The summed E-state index contributed by atoms with van der Waals surface area (Å²) in [5.74, 6) is -4.07. The number of carbonyl (C=O) groups excluding carboxylic acids is 4. The number of benzene rings is 1. The first-order valence-electron chi connectivity index (χ1n) is 11.3. The molecule has 0 aromatic heterocycles. The first-order valence-corrected chi connectivity index (χ1v) is 11.3. The first kappa shape index (κ1) is 24.5. The molecule has 0 bridgehead atoms. The van der Waals surface area contributed by atoms with Gasteiger partial charge in [0, 0.05) is 39.3 Å². The van der Waals surface area contributed by atoms with Crippen LogP contribution in [-0.4, -0.2) is 102 Å². The quantitative estimate of drug-likeness (QED) is 0.220. The number of urea groups is 1. The molecule has 186 valence electrons. The van der Waals surface area contributed by atoms with Crippen LogP contribution in [0.25, 0.3) is 0 Å². The Morgan fingerprint density at radius 1 is 1.23 bits per heavy atom. The predicted octanol–water partition coefficient (Wildman–Crippen LogP) is -2.19. The summed E-state index contributed by atoms with van der Waals surface area (Å²) in [5.41, 5.74) is -0.581. The van der Waals surface area contributed by atoms with E-state index in [0.717, 1.165) is 4.90 Å². The molecule has 14 heteroatoms. The van der Waals surface area contributed by atoms with Crippen LogP contribution in [0.3, 0.4) is 0 Å². The van der Waals surface area contributed by atoms with E-state index in [2.05, 4.69) is 16.0 Å². The lowest BCUT2D eigenvalue weighted by molar-refractivity contribution is -0.153. The zero-order valence-corrected chi connectivity index (χ0v) is 19.1. The summed E-state index contributed by atoms with van der Waals surface area (Å²) in [6.07, 6.45) is 0.150. The van der Waals surface area contributed by atoms with Crippen molar-refractivity contribution in [2.24, 2.45) is 5.41 Å². The van der Waals surface area contributed by atoms with Gasteiger partial charge in [-0.2, -0.15) is 0 Å². The Morgan fingerprint density at radius 2 is 1.97 bits per heavy atom. The number of amides is 5. The Hall–Kier alpha value is -3.65. The highest BCUT2D eigenvalue weighted by molar-refractivity contribution is 6.47. The molecule has 1 atom stereocenters. The van der Waals surface area contributed by atoms with Gasteiger partial charge in [-0.25, -0.2) is 9.59 Å². The van der Waals surface area contributed by atoms with Crippen molar-refractivity contribution >= 4 is 36.8 Å². The molecule has 0 unspecified atom stereocenters. The lowest BCUT2D eigenvalue weighted by Crippen LogP contribution is -2.69. The van der Waals surface area contributed by atoms with E-state index in [1.165, 1.54) is 11.0 Å². The zero-order chi connectivity index (χ0) is 25.3. The molecule has 1 aromatic carbocycles. The van der Waals surface area contributed by atoms with Gasteiger partial charge in [0.2, 0.25) is 5.91 Å². The third-order valence-corrected chi connectivity index (χ3v) is 6.59. The number of nitrogens with zero attached hydrogens (tertiary/aromatic N) is 2. The van der Waals surface area contributed by atoms with Crippen LogP contribution in [0.5, 0.6) is 5.75 Å². The number of carbonyl (C=O) groups is 5. The number of para-hydroxylation sites is 1. The third-order valence-electron chi connectivity index (χ3n) is 6.59. The molecule has 4 rings (SSSR count). The maximum Gasteiger partial charge on any atom is 0.547 e. The van der Waals surface area contributed by atoms with Gasteiger partial charge in [-0.15, -0.1) is 0 Å². The SMILES string of the molecule is CCN1CCN(C(=O)NCC2(C(=O)N[C@H]3Cc4cccc(C(=O)O)c4OB3O)CNC2)C(=O)C1=O. The van der Waals surface area contributed by atoms with E-state index in [-0.39, 0.29) is 50.5 Å². The monoisotopic (exact) mass is 487 g/mol. The molecule has 35 heavy (non-hydrogen) atoms. The molecule has 0 aliphatic carbocycles. The third kappa shape index (κ3) is 4.54. The Balaban J connectivity index is 1.38. The molecule has 13 nitrogen and oxygen atoms in total. The van der Waals surface area contributed by atoms with Crippen LogP contribution in [0.2, 0.25) is 0 Å². The summed E-state index contributed by atoms with van der Waals surface area (Å²) in [7, 11) is -1.47. The summed E-state index contributed by atoms with van der Waals surface area (Å²) >= 11 is 0. The zero-order valence-electron chi connectivity index (χ0n) is 19.1. The molecule has 3 heterocycles. The van der Waals surface area contributed by atoms with Crippen molar-refractivity contribution in [1.82, 2.24) is 25.8 Å². The van der Waals surface area contributed by atoms with Crippen molar-refractivity contribution in [2.45, 2.75) is 19.3 Å². The summed E-state index contributed by atoms with van der Waals surface area (Å²) < 4.78 is 5.41. The summed E-state index contributed by atoms with van der Waals surface area (Å²) in [6.45, 7) is 2.82. The van der Waals surface area contributed by atoms with Gasteiger partial charge in [-0.1, -0.05) is 12.1 Å². The highest BCUT2D eigenvalue weighted by Gasteiger charge is 2.48. The van der Waals surface area contributed by atoms with Crippen LogP contribution >= 0.6 is 0 Å². The van der Waals surface area contributed by atoms with Gasteiger partial charge in [-0.05, 0) is 25.0 Å². The average molecular weight is 487 g/mol. The number of fused-ring (bicyclic) bond motifs is 1. The molecule has 3 aliphatic heterocycles. The van der Waals surface area contributed by atoms with Crippen LogP contribution in [0, 0.1) is 5.41 Å². The van der Waals surface area contributed by atoms with Gasteiger partial charge in [0.25, 0.3) is 0 Å². The summed E-state index contributed by atoms with van der Waals surface area (Å²) in [6, 6.07) is 3.82. The molecule has 1 aromatic rings. The largest absolute Gasteiger partial charge is 0.547 e. The van der Waals surface area contributed by atoms with Crippen LogP contribution in [0.15, 0.2) is 18.2 Å². The number of hydrogen-bond acceptors (Lipinski definition) is 8. The Morgan fingerprint density at radius 3 is 2.60 bits per heavy atom. The van der Waals surface area contributed by atoms with Crippen molar-refractivity contribution in [2.75, 3.05) is 39.3 Å². The molecule has 2 saturated heterocycles. The molecule has 2 fully saturated rings. The van der Waals surface area contributed by atoms with Gasteiger partial charge < -0.3 is 35.6 Å². The van der Waals surface area contributed by atoms with Gasteiger partial charge in [0.1, 0.15) is 5.75 Å². The first-order chi connectivity index (χ1) is 16.7. The smallest absolute Gasteiger partial charge is 0.534 e. The number of nitrogens with one attached hydrogen (secondary N) is 3. The fourth-order valence-electron chi connectivity index (χ4n) is 4.34. The second kappa shape index (κ2) is 9.54. The minimum atomic E-state index is -1.47. The Bertz CT molecular complexity index is 1080. The number of carboxylic acids is 1.